The highest BCUT2D eigenvalue weighted by molar-refractivity contribution is 5.87. The predicted octanol–water partition coefficient (Wildman–Crippen LogP) is 6.30. The highest BCUT2D eigenvalue weighted by Gasteiger charge is 2.37. The average molecular weight is 430 g/mol. The van der Waals surface area contributed by atoms with Crippen LogP contribution in [-0.4, -0.2) is 11.2 Å². The van der Waals surface area contributed by atoms with Crippen molar-refractivity contribution >= 4 is 11.8 Å². The van der Waals surface area contributed by atoms with Crippen molar-refractivity contribution in [2.45, 2.75) is 19.3 Å². The molecule has 0 radical (unpaired) electrons. The van der Waals surface area contributed by atoms with Crippen LogP contribution in [0, 0.1) is 6.92 Å². The summed E-state index contributed by atoms with van der Waals surface area (Å²) in [5.41, 5.74) is -3.01. The lowest BCUT2D eigenvalue weighted by Crippen LogP contribution is -2.16. The molecule has 0 aliphatic heterocycles. The molecule has 5 nitrogen and oxygen atoms in total. The zero-order valence-corrected chi connectivity index (χ0v) is 15.1. The monoisotopic (exact) mass is 430 g/mol. The first-order valence-electron chi connectivity index (χ1n) is 8.24. The Bertz CT molecular complexity index is 1060. The first-order valence-corrected chi connectivity index (χ1v) is 8.24. The van der Waals surface area contributed by atoms with Gasteiger partial charge in [-0.05, 0) is 41.5 Å². The molecule has 0 bridgehead atoms. The number of amides is 1. The minimum atomic E-state index is -4.85. The molecular weight excluding hydrogens is 418 g/mol. The topological polar surface area (TPSA) is 64.4 Å². The van der Waals surface area contributed by atoms with E-state index in [1.54, 1.807) is 0 Å². The van der Waals surface area contributed by atoms with Crippen LogP contribution >= 0.6 is 0 Å². The number of carbonyl (C=O) groups excluding carboxylic acids is 1. The SMILES string of the molecule is Cc1oncc1OC(=O)Nc1ccc(-c2cc(C(F)(F)F)ccc2C(F)(F)F)cc1. The minimum Gasteiger partial charge on any atom is -0.405 e. The van der Waals surface area contributed by atoms with Crippen LogP contribution in [0.25, 0.3) is 11.1 Å². The normalized spacial score (nSPS) is 12.0. The number of carbonyl (C=O) groups is 1. The van der Waals surface area contributed by atoms with E-state index in [9.17, 15) is 31.1 Å². The van der Waals surface area contributed by atoms with Crippen LogP contribution in [0.4, 0.5) is 36.8 Å². The van der Waals surface area contributed by atoms with Crippen molar-refractivity contribution in [2.75, 3.05) is 5.32 Å². The Balaban J connectivity index is 1.86. The zero-order chi connectivity index (χ0) is 22.1. The molecule has 0 fully saturated rings. The number of aromatic nitrogens is 1. The van der Waals surface area contributed by atoms with Crippen LogP contribution in [0.2, 0.25) is 0 Å². The fraction of sp³-hybridized carbons (Fsp3) is 0.158. The smallest absolute Gasteiger partial charge is 0.405 e. The maximum absolute atomic E-state index is 13.3. The summed E-state index contributed by atoms with van der Waals surface area (Å²) in [5.74, 6) is 0.327. The summed E-state index contributed by atoms with van der Waals surface area (Å²) in [6, 6.07) is 5.99. The van der Waals surface area contributed by atoms with Crippen molar-refractivity contribution in [3.8, 4) is 16.9 Å². The van der Waals surface area contributed by atoms with Gasteiger partial charge in [0.2, 0.25) is 0 Å². The van der Waals surface area contributed by atoms with E-state index in [0.29, 0.717) is 18.2 Å². The predicted molar refractivity (Wildman–Crippen MR) is 92.8 cm³/mol. The summed E-state index contributed by atoms with van der Waals surface area (Å²) in [4.78, 5) is 11.9. The lowest BCUT2D eigenvalue weighted by molar-refractivity contribution is -0.141. The summed E-state index contributed by atoms with van der Waals surface area (Å²) < 4.78 is 88.3. The number of nitrogens with zero attached hydrogens (tertiary/aromatic N) is 1. The molecule has 3 aromatic rings. The molecule has 1 heterocycles. The fourth-order valence-electron chi connectivity index (χ4n) is 2.57. The third-order valence-electron chi connectivity index (χ3n) is 4.00. The third kappa shape index (κ3) is 4.73. The van der Waals surface area contributed by atoms with Crippen molar-refractivity contribution in [1.29, 1.82) is 0 Å². The van der Waals surface area contributed by atoms with E-state index in [1.165, 1.54) is 25.3 Å². The molecule has 0 saturated carbocycles. The molecule has 11 heteroatoms. The molecule has 0 aliphatic carbocycles. The van der Waals surface area contributed by atoms with E-state index in [-0.39, 0.29) is 22.8 Å². The second kappa shape index (κ2) is 7.73. The van der Waals surface area contributed by atoms with Gasteiger partial charge in [0.25, 0.3) is 0 Å². The molecular formula is C19H12F6N2O3. The van der Waals surface area contributed by atoms with Gasteiger partial charge in [-0.2, -0.15) is 26.3 Å². The van der Waals surface area contributed by atoms with E-state index < -0.39 is 35.1 Å². The second-order valence-electron chi connectivity index (χ2n) is 6.09. The number of nitrogens with one attached hydrogen (secondary N) is 1. The van der Waals surface area contributed by atoms with Crippen LogP contribution < -0.4 is 10.1 Å². The molecule has 1 aromatic heterocycles. The number of ether oxygens (including phenoxy) is 1. The van der Waals surface area contributed by atoms with Crippen molar-refractivity contribution in [2.24, 2.45) is 0 Å². The van der Waals surface area contributed by atoms with Crippen molar-refractivity contribution in [3.63, 3.8) is 0 Å². The lowest BCUT2D eigenvalue weighted by atomic mass is 9.96. The summed E-state index contributed by atoms with van der Waals surface area (Å²) in [6.07, 6.45) is -9.39. The van der Waals surface area contributed by atoms with Crippen LogP contribution in [0.5, 0.6) is 5.75 Å². The van der Waals surface area contributed by atoms with Gasteiger partial charge >= 0.3 is 18.4 Å². The number of hydrogen-bond acceptors (Lipinski definition) is 4. The van der Waals surface area contributed by atoms with E-state index in [4.69, 9.17) is 9.26 Å². The molecule has 2 aromatic carbocycles. The number of benzene rings is 2. The van der Waals surface area contributed by atoms with Crippen molar-refractivity contribution in [3.05, 3.63) is 65.5 Å². The summed E-state index contributed by atoms with van der Waals surface area (Å²) in [5, 5.41) is 5.76. The standard InChI is InChI=1S/C19H12F6N2O3/c1-10-16(9-26-30-10)29-17(28)27-13-5-2-11(3-6-13)14-8-12(18(20,21)22)4-7-15(14)19(23,24)25/h2-9H,1H3,(H,27,28). The van der Waals surface area contributed by atoms with E-state index >= 15 is 0 Å². The number of alkyl halides is 6. The zero-order valence-electron chi connectivity index (χ0n) is 15.1. The fourth-order valence-corrected chi connectivity index (χ4v) is 2.57. The molecule has 0 atom stereocenters. The van der Waals surface area contributed by atoms with Crippen LogP contribution in [0.1, 0.15) is 16.9 Å². The van der Waals surface area contributed by atoms with Gasteiger partial charge in [-0.15, -0.1) is 0 Å². The highest BCUT2D eigenvalue weighted by atomic mass is 19.4. The van der Waals surface area contributed by atoms with Gasteiger partial charge < -0.3 is 9.26 Å². The maximum Gasteiger partial charge on any atom is 0.417 e. The van der Waals surface area contributed by atoms with Crippen molar-refractivity contribution in [1.82, 2.24) is 5.16 Å². The quantitative estimate of drug-likeness (QED) is 0.496. The molecule has 0 spiro atoms. The molecule has 3 rings (SSSR count). The summed E-state index contributed by atoms with van der Waals surface area (Å²) in [6.45, 7) is 1.51. The second-order valence-corrected chi connectivity index (χ2v) is 6.09. The van der Waals surface area contributed by atoms with E-state index in [2.05, 4.69) is 10.5 Å². The van der Waals surface area contributed by atoms with Gasteiger partial charge in [0.15, 0.2) is 11.5 Å². The van der Waals surface area contributed by atoms with Gasteiger partial charge in [0, 0.05) is 12.6 Å². The number of hydrogen-bond donors (Lipinski definition) is 1. The van der Waals surface area contributed by atoms with Gasteiger partial charge in [0.1, 0.15) is 6.20 Å². The largest absolute Gasteiger partial charge is 0.417 e. The number of halogens is 6. The molecule has 30 heavy (non-hydrogen) atoms. The first kappa shape index (κ1) is 21.2. The number of aryl methyl sites for hydroxylation is 1. The Morgan fingerprint density at radius 2 is 1.67 bits per heavy atom. The Morgan fingerprint density at radius 3 is 2.20 bits per heavy atom. The van der Waals surface area contributed by atoms with Crippen molar-refractivity contribution < 1.29 is 40.4 Å². The van der Waals surface area contributed by atoms with E-state index in [1.807, 2.05) is 0 Å². The van der Waals surface area contributed by atoms with Crippen LogP contribution in [0.3, 0.4) is 0 Å². The molecule has 0 unspecified atom stereocenters. The maximum atomic E-state index is 13.3. The molecule has 158 valence electrons. The Hall–Kier alpha value is -3.50. The number of anilines is 1. The molecule has 1 amide bonds. The van der Waals surface area contributed by atoms with Gasteiger partial charge in [-0.3, -0.25) is 5.32 Å². The van der Waals surface area contributed by atoms with E-state index in [0.717, 1.165) is 12.1 Å². The highest BCUT2D eigenvalue weighted by Crippen LogP contribution is 2.40. The lowest BCUT2D eigenvalue weighted by Gasteiger charge is -2.16. The molecule has 1 N–H and O–H groups in total. The molecule has 0 aliphatic rings. The van der Waals surface area contributed by atoms with Gasteiger partial charge in [-0.1, -0.05) is 17.3 Å². The number of rotatable bonds is 3. The average Bonchev–Trinajstić information content (AvgIpc) is 3.05. The van der Waals surface area contributed by atoms with Crippen LogP contribution in [-0.2, 0) is 12.4 Å². The summed E-state index contributed by atoms with van der Waals surface area (Å²) in [7, 11) is 0. The van der Waals surface area contributed by atoms with Gasteiger partial charge in [-0.25, -0.2) is 4.79 Å². The third-order valence-corrected chi connectivity index (χ3v) is 4.00. The Kier molecular flexibility index (Phi) is 5.47. The first-order chi connectivity index (χ1) is 13.9. The summed E-state index contributed by atoms with van der Waals surface area (Å²) >= 11 is 0. The molecule has 0 saturated heterocycles. The minimum absolute atomic E-state index is 0.0721. The van der Waals surface area contributed by atoms with Gasteiger partial charge in [0.05, 0.1) is 11.1 Å². The Labute approximate surface area is 165 Å². The van der Waals surface area contributed by atoms with Crippen LogP contribution in [0.15, 0.2) is 53.2 Å². The Morgan fingerprint density at radius 1 is 1.00 bits per heavy atom.